The van der Waals surface area contributed by atoms with Crippen molar-refractivity contribution in [3.63, 3.8) is 0 Å². The van der Waals surface area contributed by atoms with Gasteiger partial charge in [0.1, 0.15) is 11.1 Å². The molecule has 0 spiro atoms. The van der Waals surface area contributed by atoms with Crippen LogP contribution in [0.25, 0.3) is 0 Å². The van der Waals surface area contributed by atoms with E-state index in [0.717, 1.165) is 4.68 Å². The van der Waals surface area contributed by atoms with E-state index in [9.17, 15) is 13.6 Å². The summed E-state index contributed by atoms with van der Waals surface area (Å²) in [6, 6.07) is 0. The molecule has 6 heteroatoms. The van der Waals surface area contributed by atoms with E-state index < -0.39 is 13.0 Å². The molecule has 0 saturated carbocycles. The monoisotopic (exact) mass is 238 g/mol. The van der Waals surface area contributed by atoms with Gasteiger partial charge in [-0.25, -0.2) is 8.78 Å². The van der Waals surface area contributed by atoms with E-state index >= 15 is 0 Å². The summed E-state index contributed by atoms with van der Waals surface area (Å²) in [5, 5.41) is 3.64. The topological polar surface area (TPSA) is 34.9 Å². The maximum atomic E-state index is 11.8. The molecular weight excluding hydrogens is 234 g/mol. The second-order valence-electron chi connectivity index (χ2n) is 2.11. The number of hydrogen-bond donors (Lipinski definition) is 0. The number of alkyl halides is 2. The first-order valence-electron chi connectivity index (χ1n) is 3.09. The Morgan fingerprint density at radius 2 is 2.42 bits per heavy atom. The molecule has 0 bridgehead atoms. The Bertz CT molecular complexity index is 287. The lowest BCUT2D eigenvalue weighted by Crippen LogP contribution is -2.06. The second kappa shape index (κ2) is 3.75. The van der Waals surface area contributed by atoms with Gasteiger partial charge in [-0.3, -0.25) is 9.48 Å². The molecule has 0 fully saturated rings. The van der Waals surface area contributed by atoms with Crippen LogP contribution in [0.5, 0.6) is 0 Å². The summed E-state index contributed by atoms with van der Waals surface area (Å²) in [5.74, 6) is 0. The third-order valence-electron chi connectivity index (χ3n) is 1.19. The van der Waals surface area contributed by atoms with Gasteiger partial charge in [0.15, 0.2) is 6.29 Å². The number of aldehydes is 1. The zero-order valence-corrected chi connectivity index (χ0v) is 7.46. The predicted octanol–water partition coefficient (Wildman–Crippen LogP) is 1.72. The molecule has 0 amide bonds. The SMILES string of the molecule is O=Cc1cn(CC(F)F)nc1Br. The molecule has 3 nitrogen and oxygen atoms in total. The molecule has 12 heavy (non-hydrogen) atoms. The van der Waals surface area contributed by atoms with Gasteiger partial charge in [-0.05, 0) is 15.9 Å². The van der Waals surface area contributed by atoms with Gasteiger partial charge in [-0.1, -0.05) is 0 Å². The fourth-order valence-electron chi connectivity index (χ4n) is 0.727. The zero-order chi connectivity index (χ0) is 9.14. The molecule has 0 aliphatic rings. The summed E-state index contributed by atoms with van der Waals surface area (Å²) < 4.78 is 24.9. The average molecular weight is 239 g/mol. The predicted molar refractivity (Wildman–Crippen MR) is 41.3 cm³/mol. The molecule has 66 valence electrons. The second-order valence-corrected chi connectivity index (χ2v) is 2.86. The smallest absolute Gasteiger partial charge is 0.257 e. The summed E-state index contributed by atoms with van der Waals surface area (Å²) in [4.78, 5) is 10.3. The maximum absolute atomic E-state index is 11.8. The van der Waals surface area contributed by atoms with E-state index in [1.807, 2.05) is 0 Å². The highest BCUT2D eigenvalue weighted by molar-refractivity contribution is 9.10. The number of halogens is 3. The van der Waals surface area contributed by atoms with E-state index in [1.165, 1.54) is 6.20 Å². The molecule has 1 rings (SSSR count). The van der Waals surface area contributed by atoms with E-state index in [1.54, 1.807) is 0 Å². The lowest BCUT2D eigenvalue weighted by atomic mass is 10.4. The molecule has 1 heterocycles. The van der Waals surface area contributed by atoms with Crippen LogP contribution in [0.2, 0.25) is 0 Å². The number of rotatable bonds is 3. The lowest BCUT2D eigenvalue weighted by Gasteiger charge is -1.96. The van der Waals surface area contributed by atoms with Crippen molar-refractivity contribution in [2.75, 3.05) is 0 Å². The Labute approximate surface area is 75.5 Å². The highest BCUT2D eigenvalue weighted by Crippen LogP contribution is 2.12. The summed E-state index contributed by atoms with van der Waals surface area (Å²) in [5.41, 5.74) is 0.274. The van der Waals surface area contributed by atoms with E-state index in [0.29, 0.717) is 6.29 Å². The first-order valence-corrected chi connectivity index (χ1v) is 3.89. The number of hydrogen-bond acceptors (Lipinski definition) is 2. The number of aromatic nitrogens is 2. The zero-order valence-electron chi connectivity index (χ0n) is 5.88. The molecule has 1 aromatic rings. The van der Waals surface area contributed by atoms with Gasteiger partial charge in [-0.15, -0.1) is 0 Å². The Kier molecular flexibility index (Phi) is 2.91. The van der Waals surface area contributed by atoms with Crippen molar-refractivity contribution in [1.82, 2.24) is 9.78 Å². The molecule has 0 atom stereocenters. The van der Waals surface area contributed by atoms with E-state index in [2.05, 4.69) is 21.0 Å². The Hall–Kier alpha value is -0.780. The summed E-state index contributed by atoms with van der Waals surface area (Å²) >= 11 is 2.96. The van der Waals surface area contributed by atoms with Crippen LogP contribution in [-0.4, -0.2) is 22.5 Å². The van der Waals surface area contributed by atoms with Crippen LogP contribution in [0, 0.1) is 0 Å². The van der Waals surface area contributed by atoms with Gasteiger partial charge < -0.3 is 0 Å². The average Bonchev–Trinajstić information content (AvgIpc) is 2.29. The van der Waals surface area contributed by atoms with Gasteiger partial charge in [0, 0.05) is 6.20 Å². The largest absolute Gasteiger partial charge is 0.298 e. The molecule has 0 N–H and O–H groups in total. The van der Waals surface area contributed by atoms with Crippen molar-refractivity contribution in [3.05, 3.63) is 16.4 Å². The number of carbonyl (C=O) groups is 1. The van der Waals surface area contributed by atoms with Crippen LogP contribution in [0.1, 0.15) is 10.4 Å². The van der Waals surface area contributed by atoms with Crippen LogP contribution in [-0.2, 0) is 6.54 Å². The fraction of sp³-hybridized carbons (Fsp3) is 0.333. The number of nitrogens with zero attached hydrogens (tertiary/aromatic N) is 2. The van der Waals surface area contributed by atoms with Crippen LogP contribution in [0.3, 0.4) is 0 Å². The van der Waals surface area contributed by atoms with Gasteiger partial charge in [0.05, 0.1) is 5.56 Å². The quantitative estimate of drug-likeness (QED) is 0.752. The van der Waals surface area contributed by atoms with Crippen LogP contribution >= 0.6 is 15.9 Å². The van der Waals surface area contributed by atoms with Gasteiger partial charge in [-0.2, -0.15) is 5.10 Å². The molecule has 0 aliphatic carbocycles. The van der Waals surface area contributed by atoms with E-state index in [4.69, 9.17) is 0 Å². The summed E-state index contributed by atoms with van der Waals surface area (Å²) in [7, 11) is 0. The van der Waals surface area contributed by atoms with Crippen molar-refractivity contribution >= 4 is 22.2 Å². The van der Waals surface area contributed by atoms with Gasteiger partial charge >= 0.3 is 0 Å². The van der Waals surface area contributed by atoms with Crippen LogP contribution in [0.15, 0.2) is 10.8 Å². The summed E-state index contributed by atoms with van der Waals surface area (Å²) in [6.45, 7) is -0.494. The molecule has 0 unspecified atom stereocenters. The fourth-order valence-corrected chi connectivity index (χ4v) is 1.13. The normalized spacial score (nSPS) is 10.7. The van der Waals surface area contributed by atoms with Crippen molar-refractivity contribution in [2.45, 2.75) is 13.0 Å². The Balaban J connectivity index is 2.82. The highest BCUT2D eigenvalue weighted by Gasteiger charge is 2.08. The minimum atomic E-state index is -2.46. The highest BCUT2D eigenvalue weighted by atomic mass is 79.9. The molecule has 1 aromatic heterocycles. The molecular formula is C6H5BrF2N2O. The van der Waals surface area contributed by atoms with Crippen molar-refractivity contribution in [3.8, 4) is 0 Å². The third kappa shape index (κ3) is 2.10. The Morgan fingerprint density at radius 1 is 1.75 bits per heavy atom. The molecule has 0 aromatic carbocycles. The third-order valence-corrected chi connectivity index (χ3v) is 1.81. The number of carbonyl (C=O) groups excluding carboxylic acids is 1. The molecule has 0 aliphatic heterocycles. The van der Waals surface area contributed by atoms with Crippen LogP contribution < -0.4 is 0 Å². The first kappa shape index (κ1) is 9.31. The van der Waals surface area contributed by atoms with Gasteiger partial charge in [0.25, 0.3) is 6.43 Å². The minimum absolute atomic E-state index is 0.274. The Morgan fingerprint density at radius 3 is 2.83 bits per heavy atom. The standard InChI is InChI=1S/C6H5BrF2N2O/c7-6-4(3-12)1-11(10-6)2-5(8)9/h1,3,5H,2H2. The minimum Gasteiger partial charge on any atom is -0.298 e. The molecule has 0 saturated heterocycles. The van der Waals surface area contributed by atoms with Gasteiger partial charge in [0.2, 0.25) is 0 Å². The van der Waals surface area contributed by atoms with Crippen LogP contribution in [0.4, 0.5) is 8.78 Å². The first-order chi connectivity index (χ1) is 5.63. The van der Waals surface area contributed by atoms with Crippen molar-refractivity contribution in [2.24, 2.45) is 0 Å². The van der Waals surface area contributed by atoms with Crippen molar-refractivity contribution < 1.29 is 13.6 Å². The summed E-state index contributed by atoms with van der Waals surface area (Å²) in [6.07, 6.45) is -0.640. The molecule has 0 radical (unpaired) electrons. The van der Waals surface area contributed by atoms with Crippen molar-refractivity contribution in [1.29, 1.82) is 0 Å². The lowest BCUT2D eigenvalue weighted by molar-refractivity contribution is 0.111. The van der Waals surface area contributed by atoms with E-state index in [-0.39, 0.29) is 10.2 Å². The maximum Gasteiger partial charge on any atom is 0.257 e.